The highest BCUT2D eigenvalue weighted by Gasteiger charge is 2.12. The Bertz CT molecular complexity index is 809. The van der Waals surface area contributed by atoms with Gasteiger partial charge in [-0.05, 0) is 60.9 Å². The Labute approximate surface area is 147 Å². The minimum atomic E-state index is -3.55. The van der Waals surface area contributed by atoms with Crippen molar-refractivity contribution in [3.8, 4) is 0 Å². The van der Waals surface area contributed by atoms with Crippen molar-refractivity contribution in [3.05, 3.63) is 64.5 Å². The van der Waals surface area contributed by atoms with Gasteiger partial charge in [-0.2, -0.15) is 0 Å². The van der Waals surface area contributed by atoms with Gasteiger partial charge in [0.05, 0.1) is 5.41 Å². The molecular formula is C18H19ClN2O2S. The summed E-state index contributed by atoms with van der Waals surface area (Å²) in [5.74, 6) is 0. The number of nitrogens with one attached hydrogen (secondary N) is 1. The summed E-state index contributed by atoms with van der Waals surface area (Å²) in [6.07, 6.45) is 3.96. The Morgan fingerprint density at radius 2 is 1.58 bits per heavy atom. The summed E-state index contributed by atoms with van der Waals surface area (Å²) < 4.78 is 26.9. The molecule has 126 valence electrons. The molecular weight excluding hydrogens is 344 g/mol. The second-order valence-electron chi connectivity index (χ2n) is 5.74. The first-order valence-corrected chi connectivity index (χ1v) is 9.76. The van der Waals surface area contributed by atoms with E-state index >= 15 is 0 Å². The Kier molecular flexibility index (Phi) is 5.11. The lowest BCUT2D eigenvalue weighted by molar-refractivity contribution is 0.609. The van der Waals surface area contributed by atoms with Crippen molar-refractivity contribution in [2.45, 2.75) is 12.8 Å². The molecule has 4 nitrogen and oxygen atoms in total. The summed E-state index contributed by atoms with van der Waals surface area (Å²) in [4.78, 5) is 2.30. The molecule has 0 aliphatic carbocycles. The second-order valence-corrected chi connectivity index (χ2v) is 7.75. The van der Waals surface area contributed by atoms with Crippen LogP contribution in [0.25, 0.3) is 6.08 Å². The summed E-state index contributed by atoms with van der Waals surface area (Å²) in [7, 11) is -3.55. The second kappa shape index (κ2) is 7.28. The van der Waals surface area contributed by atoms with E-state index in [9.17, 15) is 8.42 Å². The van der Waals surface area contributed by atoms with Crippen LogP contribution in [0.1, 0.15) is 18.4 Å². The van der Waals surface area contributed by atoms with Crippen molar-refractivity contribution in [2.75, 3.05) is 22.7 Å². The molecule has 0 atom stereocenters. The van der Waals surface area contributed by atoms with Crippen LogP contribution in [0.2, 0.25) is 5.02 Å². The number of nitrogens with zero attached hydrogens (tertiary/aromatic N) is 1. The van der Waals surface area contributed by atoms with Gasteiger partial charge in [0, 0.05) is 29.5 Å². The van der Waals surface area contributed by atoms with Gasteiger partial charge in [-0.1, -0.05) is 23.7 Å². The Morgan fingerprint density at radius 3 is 2.21 bits per heavy atom. The predicted octanol–water partition coefficient (Wildman–Crippen LogP) is 4.35. The third-order valence-corrected chi connectivity index (χ3v) is 5.17. The lowest BCUT2D eigenvalue weighted by Gasteiger charge is -2.17. The molecule has 6 heteroatoms. The van der Waals surface area contributed by atoms with E-state index in [2.05, 4.69) is 9.62 Å². The van der Waals surface area contributed by atoms with Crippen LogP contribution in [0.4, 0.5) is 11.4 Å². The van der Waals surface area contributed by atoms with Crippen molar-refractivity contribution in [3.63, 3.8) is 0 Å². The number of halogens is 1. The van der Waals surface area contributed by atoms with E-state index in [1.54, 1.807) is 36.4 Å². The first-order valence-electron chi connectivity index (χ1n) is 7.83. The maximum atomic E-state index is 12.1. The molecule has 1 fully saturated rings. The summed E-state index contributed by atoms with van der Waals surface area (Å²) >= 11 is 5.81. The summed E-state index contributed by atoms with van der Waals surface area (Å²) in [6, 6.07) is 14.5. The van der Waals surface area contributed by atoms with E-state index in [4.69, 9.17) is 11.6 Å². The van der Waals surface area contributed by atoms with E-state index in [-0.39, 0.29) is 0 Å². The maximum absolute atomic E-state index is 12.1. The maximum Gasteiger partial charge on any atom is 0.255 e. The molecule has 0 aromatic heterocycles. The highest BCUT2D eigenvalue weighted by atomic mass is 35.5. The fourth-order valence-corrected chi connectivity index (χ4v) is 3.65. The lowest BCUT2D eigenvalue weighted by Crippen LogP contribution is -2.17. The highest BCUT2D eigenvalue weighted by molar-refractivity contribution is 7.95. The zero-order valence-electron chi connectivity index (χ0n) is 13.2. The molecule has 0 amide bonds. The molecule has 0 spiro atoms. The lowest BCUT2D eigenvalue weighted by atomic mass is 10.2. The fraction of sp³-hybridized carbons (Fsp3) is 0.222. The Morgan fingerprint density at radius 1 is 0.958 bits per heavy atom. The molecule has 24 heavy (non-hydrogen) atoms. The summed E-state index contributed by atoms with van der Waals surface area (Å²) in [5, 5.41) is 1.77. The first-order chi connectivity index (χ1) is 11.5. The van der Waals surface area contributed by atoms with E-state index in [0.29, 0.717) is 10.7 Å². The third kappa shape index (κ3) is 4.52. The van der Waals surface area contributed by atoms with Crippen molar-refractivity contribution >= 4 is 39.1 Å². The smallest absolute Gasteiger partial charge is 0.255 e. The van der Waals surface area contributed by atoms with Crippen molar-refractivity contribution in [1.82, 2.24) is 0 Å². The average molecular weight is 363 g/mol. The largest absolute Gasteiger partial charge is 0.372 e. The zero-order chi connectivity index (χ0) is 17.0. The van der Waals surface area contributed by atoms with Crippen molar-refractivity contribution in [1.29, 1.82) is 0 Å². The van der Waals surface area contributed by atoms with Gasteiger partial charge in [-0.3, -0.25) is 4.72 Å². The summed E-state index contributed by atoms with van der Waals surface area (Å²) in [5.41, 5.74) is 2.46. The molecule has 1 aliphatic heterocycles. The highest BCUT2D eigenvalue weighted by Crippen LogP contribution is 2.22. The molecule has 1 aliphatic rings. The minimum Gasteiger partial charge on any atom is -0.372 e. The number of rotatable bonds is 5. The average Bonchev–Trinajstić information content (AvgIpc) is 3.09. The number of benzene rings is 2. The molecule has 1 saturated heterocycles. The molecule has 1 N–H and O–H groups in total. The van der Waals surface area contributed by atoms with Crippen LogP contribution in [-0.4, -0.2) is 21.5 Å². The number of hydrogen-bond acceptors (Lipinski definition) is 3. The molecule has 0 radical (unpaired) electrons. The Hall–Kier alpha value is -1.98. The van der Waals surface area contributed by atoms with Gasteiger partial charge in [0.1, 0.15) is 0 Å². The number of hydrogen-bond donors (Lipinski definition) is 1. The van der Waals surface area contributed by atoms with Crippen molar-refractivity contribution < 1.29 is 8.42 Å². The van der Waals surface area contributed by atoms with Gasteiger partial charge >= 0.3 is 0 Å². The van der Waals surface area contributed by atoms with Crippen LogP contribution in [0.15, 0.2) is 53.9 Å². The van der Waals surface area contributed by atoms with Crippen LogP contribution in [0, 0.1) is 0 Å². The first kappa shape index (κ1) is 16.9. The molecule has 3 rings (SSSR count). The van der Waals surface area contributed by atoms with E-state index in [1.165, 1.54) is 18.9 Å². The SMILES string of the molecule is O=S(=O)(/C=C/c1ccc(Cl)cc1)Nc1ccc(N2CCCC2)cc1. The van der Waals surface area contributed by atoms with Gasteiger partial charge in [-0.25, -0.2) is 8.42 Å². The van der Waals surface area contributed by atoms with Crippen LogP contribution in [0.5, 0.6) is 0 Å². The number of sulfonamides is 1. The molecule has 2 aromatic rings. The molecule has 0 saturated carbocycles. The van der Waals surface area contributed by atoms with Crippen molar-refractivity contribution in [2.24, 2.45) is 0 Å². The minimum absolute atomic E-state index is 0.554. The van der Waals surface area contributed by atoms with Gasteiger partial charge < -0.3 is 4.90 Å². The van der Waals surface area contributed by atoms with E-state index in [0.717, 1.165) is 29.7 Å². The van der Waals surface area contributed by atoms with Crippen LogP contribution in [-0.2, 0) is 10.0 Å². The zero-order valence-corrected chi connectivity index (χ0v) is 14.7. The number of anilines is 2. The van der Waals surface area contributed by atoms with Gasteiger partial charge in [-0.15, -0.1) is 0 Å². The normalized spacial score (nSPS) is 15.1. The van der Waals surface area contributed by atoms with Gasteiger partial charge in [0.15, 0.2) is 0 Å². The molecule has 0 unspecified atom stereocenters. The van der Waals surface area contributed by atoms with E-state index in [1.807, 2.05) is 12.1 Å². The van der Waals surface area contributed by atoms with Crippen LogP contribution >= 0.6 is 11.6 Å². The standard InChI is InChI=1S/C18H19ClN2O2S/c19-16-5-3-15(4-6-16)11-14-24(22,23)20-17-7-9-18(10-8-17)21-12-1-2-13-21/h3-11,14,20H,1-2,12-13H2/b14-11+. The predicted molar refractivity (Wildman–Crippen MR) is 101 cm³/mol. The van der Waals surface area contributed by atoms with Gasteiger partial charge in [0.2, 0.25) is 0 Å². The monoisotopic (exact) mass is 362 g/mol. The van der Waals surface area contributed by atoms with Crippen LogP contribution in [0.3, 0.4) is 0 Å². The fourth-order valence-electron chi connectivity index (χ4n) is 2.66. The van der Waals surface area contributed by atoms with E-state index < -0.39 is 10.0 Å². The third-order valence-electron chi connectivity index (χ3n) is 3.91. The Balaban J connectivity index is 1.66. The molecule has 1 heterocycles. The molecule has 0 bridgehead atoms. The van der Waals surface area contributed by atoms with Gasteiger partial charge in [0.25, 0.3) is 10.0 Å². The summed E-state index contributed by atoms with van der Waals surface area (Å²) in [6.45, 7) is 2.13. The van der Waals surface area contributed by atoms with Crippen LogP contribution < -0.4 is 9.62 Å². The quantitative estimate of drug-likeness (QED) is 0.860. The molecule has 2 aromatic carbocycles. The topological polar surface area (TPSA) is 49.4 Å².